The van der Waals surface area contributed by atoms with Gasteiger partial charge in [-0.1, -0.05) is 12.1 Å². The molecule has 0 spiro atoms. The van der Waals surface area contributed by atoms with E-state index >= 15 is 0 Å². The first-order chi connectivity index (χ1) is 15.8. The van der Waals surface area contributed by atoms with Gasteiger partial charge >= 0.3 is 0 Å². The molecule has 172 valence electrons. The number of hydrogen-bond acceptors (Lipinski definition) is 7. The molecule has 8 nitrogen and oxygen atoms in total. The van der Waals surface area contributed by atoms with Crippen LogP contribution in [0.3, 0.4) is 0 Å². The van der Waals surface area contributed by atoms with Crippen molar-refractivity contribution in [1.82, 2.24) is 0 Å². The maximum atomic E-state index is 11.7. The van der Waals surface area contributed by atoms with Crippen LogP contribution >= 0.6 is 0 Å². The Balaban J connectivity index is 1.77. The normalized spacial score (nSPS) is 15.8. The molecule has 1 atom stereocenters. The summed E-state index contributed by atoms with van der Waals surface area (Å²) in [4.78, 5) is 0.0486. The summed E-state index contributed by atoms with van der Waals surface area (Å²) < 4.78 is 39.5. The highest BCUT2D eigenvalue weighted by atomic mass is 32.2. The van der Waals surface area contributed by atoms with Gasteiger partial charge in [0, 0.05) is 18.1 Å². The SMILES string of the molecule is COc1ccc(C2CC(c3ccc(OC)cc3OC)=NN2c2ccc(S(N)(=O)=O)cc2)cc1. The minimum atomic E-state index is -3.78. The highest BCUT2D eigenvalue weighted by Gasteiger charge is 2.31. The van der Waals surface area contributed by atoms with Gasteiger partial charge in [-0.25, -0.2) is 13.6 Å². The first kappa shape index (κ1) is 22.6. The Bertz CT molecular complexity index is 1270. The summed E-state index contributed by atoms with van der Waals surface area (Å²) in [7, 11) is 1.06. The molecule has 1 unspecified atom stereocenters. The van der Waals surface area contributed by atoms with Gasteiger partial charge < -0.3 is 14.2 Å². The van der Waals surface area contributed by atoms with Crippen LogP contribution in [0, 0.1) is 0 Å². The second-order valence-corrected chi connectivity index (χ2v) is 9.05. The third-order valence-electron chi connectivity index (χ3n) is 5.56. The van der Waals surface area contributed by atoms with Crippen molar-refractivity contribution in [3.05, 3.63) is 77.9 Å². The average molecular weight is 468 g/mol. The number of hydrazone groups is 1. The highest BCUT2D eigenvalue weighted by Crippen LogP contribution is 2.39. The Hall–Kier alpha value is -3.56. The lowest BCUT2D eigenvalue weighted by Crippen LogP contribution is -2.19. The number of ether oxygens (including phenoxy) is 3. The average Bonchev–Trinajstić information content (AvgIpc) is 3.28. The van der Waals surface area contributed by atoms with Gasteiger partial charge in [0.25, 0.3) is 0 Å². The van der Waals surface area contributed by atoms with Crippen molar-refractivity contribution in [2.75, 3.05) is 26.3 Å². The number of rotatable bonds is 7. The first-order valence-electron chi connectivity index (χ1n) is 10.2. The minimum Gasteiger partial charge on any atom is -0.497 e. The van der Waals surface area contributed by atoms with Gasteiger partial charge in [-0.2, -0.15) is 5.10 Å². The molecule has 0 saturated heterocycles. The molecule has 0 amide bonds. The minimum absolute atomic E-state index is 0.0486. The molecule has 0 fully saturated rings. The zero-order valence-electron chi connectivity index (χ0n) is 18.6. The van der Waals surface area contributed by atoms with Crippen LogP contribution in [-0.4, -0.2) is 35.5 Å². The lowest BCUT2D eigenvalue weighted by atomic mass is 9.97. The predicted molar refractivity (Wildman–Crippen MR) is 127 cm³/mol. The van der Waals surface area contributed by atoms with Gasteiger partial charge in [0.1, 0.15) is 17.2 Å². The fourth-order valence-corrected chi connectivity index (χ4v) is 4.34. The molecule has 0 aromatic heterocycles. The molecule has 1 heterocycles. The van der Waals surface area contributed by atoms with E-state index in [0.29, 0.717) is 17.9 Å². The van der Waals surface area contributed by atoms with E-state index in [0.717, 1.165) is 28.3 Å². The van der Waals surface area contributed by atoms with Gasteiger partial charge in [0.15, 0.2) is 0 Å². The largest absolute Gasteiger partial charge is 0.497 e. The number of benzene rings is 3. The fraction of sp³-hybridized carbons (Fsp3) is 0.208. The summed E-state index contributed by atoms with van der Waals surface area (Å²) in [5.41, 5.74) is 3.48. The molecule has 0 saturated carbocycles. The number of methoxy groups -OCH3 is 3. The number of anilines is 1. The van der Waals surface area contributed by atoms with Crippen LogP contribution in [0.2, 0.25) is 0 Å². The van der Waals surface area contributed by atoms with Crippen molar-refractivity contribution < 1.29 is 22.6 Å². The topological polar surface area (TPSA) is 103 Å². The number of primary sulfonamides is 1. The van der Waals surface area contributed by atoms with Crippen LogP contribution in [0.1, 0.15) is 23.6 Å². The Morgan fingerprint density at radius 2 is 1.52 bits per heavy atom. The van der Waals surface area contributed by atoms with Gasteiger partial charge in [0.2, 0.25) is 10.0 Å². The van der Waals surface area contributed by atoms with Crippen molar-refractivity contribution in [2.24, 2.45) is 10.2 Å². The molecule has 3 aromatic carbocycles. The second kappa shape index (κ2) is 9.13. The smallest absolute Gasteiger partial charge is 0.238 e. The Morgan fingerprint density at radius 3 is 2.09 bits per heavy atom. The van der Waals surface area contributed by atoms with E-state index < -0.39 is 10.0 Å². The molecule has 1 aliphatic rings. The molecular formula is C24H25N3O5S. The highest BCUT2D eigenvalue weighted by molar-refractivity contribution is 7.89. The Morgan fingerprint density at radius 1 is 0.879 bits per heavy atom. The Labute approximate surface area is 193 Å². The molecule has 0 aliphatic carbocycles. The van der Waals surface area contributed by atoms with Crippen molar-refractivity contribution in [1.29, 1.82) is 0 Å². The second-order valence-electron chi connectivity index (χ2n) is 7.49. The van der Waals surface area contributed by atoms with Crippen LogP contribution in [0.5, 0.6) is 17.2 Å². The maximum absolute atomic E-state index is 11.7. The van der Waals surface area contributed by atoms with Crippen LogP contribution in [0.25, 0.3) is 0 Å². The van der Waals surface area contributed by atoms with Crippen LogP contribution in [0.15, 0.2) is 76.7 Å². The van der Waals surface area contributed by atoms with E-state index in [2.05, 4.69) is 0 Å². The quantitative estimate of drug-likeness (QED) is 0.568. The summed E-state index contributed by atoms with van der Waals surface area (Å²) in [6.45, 7) is 0. The van der Waals surface area contributed by atoms with Gasteiger partial charge in [-0.05, 0) is 54.1 Å². The summed E-state index contributed by atoms with van der Waals surface area (Å²) >= 11 is 0. The van der Waals surface area contributed by atoms with Crippen molar-refractivity contribution >= 4 is 21.4 Å². The summed E-state index contributed by atoms with van der Waals surface area (Å²) in [5.74, 6) is 2.11. The number of hydrogen-bond donors (Lipinski definition) is 1. The van der Waals surface area contributed by atoms with Gasteiger partial charge in [-0.3, -0.25) is 5.01 Å². The molecule has 4 rings (SSSR count). The van der Waals surface area contributed by atoms with Crippen LogP contribution < -0.4 is 24.4 Å². The van der Waals surface area contributed by atoms with Crippen molar-refractivity contribution in [2.45, 2.75) is 17.4 Å². The third-order valence-corrected chi connectivity index (χ3v) is 6.49. The monoisotopic (exact) mass is 467 g/mol. The van der Waals surface area contributed by atoms with Crippen molar-refractivity contribution in [3.8, 4) is 17.2 Å². The number of sulfonamides is 1. The molecular weight excluding hydrogens is 442 g/mol. The number of nitrogens with two attached hydrogens (primary N) is 1. The fourth-order valence-electron chi connectivity index (χ4n) is 3.82. The molecule has 3 aromatic rings. The van der Waals surface area contributed by atoms with Crippen LogP contribution in [0.4, 0.5) is 5.69 Å². The molecule has 0 bridgehead atoms. The van der Waals surface area contributed by atoms with Gasteiger partial charge in [0.05, 0.1) is 43.7 Å². The summed E-state index contributed by atoms with van der Waals surface area (Å²) in [6.07, 6.45) is 0.617. The lowest BCUT2D eigenvalue weighted by Gasteiger charge is -2.24. The summed E-state index contributed by atoms with van der Waals surface area (Å²) in [6, 6.07) is 19.7. The standard InChI is InChI=1S/C24H25N3O5S/c1-30-18-8-4-16(5-9-18)23-15-22(21-13-10-19(31-2)14-24(21)32-3)26-27(23)17-6-11-20(12-7-17)33(25,28)29/h4-14,23H,15H2,1-3H3,(H2,25,28,29). The maximum Gasteiger partial charge on any atom is 0.238 e. The Kier molecular flexibility index (Phi) is 6.26. The van der Waals surface area contributed by atoms with E-state index in [4.69, 9.17) is 24.5 Å². The molecule has 2 N–H and O–H groups in total. The summed E-state index contributed by atoms with van der Waals surface area (Å²) in [5, 5.41) is 12.0. The molecule has 0 radical (unpaired) electrons. The van der Waals surface area contributed by atoms with E-state index in [1.54, 1.807) is 33.5 Å². The third kappa shape index (κ3) is 4.64. The van der Waals surface area contributed by atoms with E-state index in [1.807, 2.05) is 47.5 Å². The van der Waals surface area contributed by atoms with Crippen molar-refractivity contribution in [3.63, 3.8) is 0 Å². The zero-order chi connectivity index (χ0) is 23.6. The molecule has 33 heavy (non-hydrogen) atoms. The van der Waals surface area contributed by atoms with Crippen LogP contribution in [-0.2, 0) is 10.0 Å². The molecule has 9 heteroatoms. The lowest BCUT2D eigenvalue weighted by molar-refractivity contribution is 0.394. The van der Waals surface area contributed by atoms with E-state index in [9.17, 15) is 8.42 Å². The molecule has 1 aliphatic heterocycles. The van der Waals surface area contributed by atoms with E-state index in [-0.39, 0.29) is 10.9 Å². The first-order valence-corrected chi connectivity index (χ1v) is 11.7. The van der Waals surface area contributed by atoms with Gasteiger partial charge in [-0.15, -0.1) is 0 Å². The number of nitrogens with zero attached hydrogens (tertiary/aromatic N) is 2. The predicted octanol–water partition coefficient (Wildman–Crippen LogP) is 3.72. The zero-order valence-corrected chi connectivity index (χ0v) is 19.4. The van der Waals surface area contributed by atoms with E-state index in [1.165, 1.54) is 12.1 Å².